The fourth-order valence-corrected chi connectivity index (χ4v) is 1.77. The largest absolute Gasteiger partial charge is 0.396 e. The van der Waals surface area contributed by atoms with Gasteiger partial charge < -0.3 is 15.7 Å². The highest BCUT2D eigenvalue weighted by Crippen LogP contribution is 2.25. The molecule has 1 saturated heterocycles. The molecule has 1 aliphatic rings. The molecule has 0 bridgehead atoms. The Kier molecular flexibility index (Phi) is 2.48. The summed E-state index contributed by atoms with van der Waals surface area (Å²) in [6.07, 6.45) is 0.475. The summed E-state index contributed by atoms with van der Waals surface area (Å²) >= 11 is 5.78. The lowest BCUT2D eigenvalue weighted by atomic mass is 10.3. The van der Waals surface area contributed by atoms with Crippen LogP contribution in [0.3, 0.4) is 0 Å². The van der Waals surface area contributed by atoms with Crippen LogP contribution in [0.1, 0.15) is 6.42 Å². The predicted octanol–water partition coefficient (Wildman–Crippen LogP) is 0.888. The number of anilines is 2. The molecule has 0 aliphatic carbocycles. The van der Waals surface area contributed by atoms with Crippen molar-refractivity contribution in [2.24, 2.45) is 0 Å². The number of nitrogens with zero attached hydrogens (tertiary/aromatic N) is 2. The molecule has 0 saturated carbocycles. The second kappa shape index (κ2) is 3.63. The lowest BCUT2D eigenvalue weighted by Crippen LogP contribution is -2.23. The standard InChI is InChI=1S/C9H12ClN3O/c10-8-2-1-7(11)9(12-8)13-4-3-6(14)5-13/h1-2,6,14H,3-5,11H2. The van der Waals surface area contributed by atoms with Crippen molar-refractivity contribution in [2.75, 3.05) is 23.7 Å². The van der Waals surface area contributed by atoms with Crippen molar-refractivity contribution in [3.8, 4) is 0 Å². The molecule has 1 aliphatic heterocycles. The number of nitrogens with two attached hydrogens (primary N) is 1. The Morgan fingerprint density at radius 1 is 1.57 bits per heavy atom. The molecule has 0 radical (unpaired) electrons. The van der Waals surface area contributed by atoms with Crippen LogP contribution in [0.25, 0.3) is 0 Å². The van der Waals surface area contributed by atoms with Crippen molar-refractivity contribution in [1.82, 2.24) is 4.98 Å². The van der Waals surface area contributed by atoms with Gasteiger partial charge in [-0.1, -0.05) is 11.6 Å². The maximum Gasteiger partial charge on any atom is 0.153 e. The van der Waals surface area contributed by atoms with Gasteiger partial charge in [0.15, 0.2) is 5.82 Å². The van der Waals surface area contributed by atoms with Crippen LogP contribution in [0.2, 0.25) is 5.15 Å². The maximum atomic E-state index is 9.38. The van der Waals surface area contributed by atoms with Crippen molar-refractivity contribution in [3.05, 3.63) is 17.3 Å². The third-order valence-electron chi connectivity index (χ3n) is 2.33. The highest BCUT2D eigenvalue weighted by molar-refractivity contribution is 6.29. The van der Waals surface area contributed by atoms with Crippen LogP contribution in [-0.4, -0.2) is 29.3 Å². The van der Waals surface area contributed by atoms with Gasteiger partial charge >= 0.3 is 0 Å². The Bertz CT molecular complexity index is 345. The van der Waals surface area contributed by atoms with E-state index in [9.17, 15) is 5.11 Å². The van der Waals surface area contributed by atoms with Gasteiger partial charge in [0.1, 0.15) is 5.15 Å². The average molecular weight is 214 g/mol. The molecule has 1 atom stereocenters. The summed E-state index contributed by atoms with van der Waals surface area (Å²) in [5.41, 5.74) is 6.37. The maximum absolute atomic E-state index is 9.38. The molecule has 2 heterocycles. The average Bonchev–Trinajstić information content (AvgIpc) is 2.56. The Hall–Kier alpha value is -1.00. The summed E-state index contributed by atoms with van der Waals surface area (Å²) in [7, 11) is 0. The van der Waals surface area contributed by atoms with E-state index in [0.29, 0.717) is 23.2 Å². The Balaban J connectivity index is 2.27. The first-order chi connectivity index (χ1) is 6.66. The number of halogens is 1. The van der Waals surface area contributed by atoms with Crippen LogP contribution in [0, 0.1) is 0 Å². The zero-order valence-corrected chi connectivity index (χ0v) is 8.41. The van der Waals surface area contributed by atoms with E-state index in [-0.39, 0.29) is 6.10 Å². The number of aliphatic hydroxyl groups excluding tert-OH is 1. The number of hydrogen-bond acceptors (Lipinski definition) is 4. The minimum absolute atomic E-state index is 0.282. The first-order valence-electron chi connectivity index (χ1n) is 4.52. The van der Waals surface area contributed by atoms with E-state index in [2.05, 4.69) is 4.98 Å². The molecule has 76 valence electrons. The predicted molar refractivity (Wildman–Crippen MR) is 56.5 cm³/mol. The van der Waals surface area contributed by atoms with Crippen molar-refractivity contribution in [1.29, 1.82) is 0 Å². The minimum atomic E-state index is -0.282. The lowest BCUT2D eigenvalue weighted by Gasteiger charge is -2.18. The van der Waals surface area contributed by atoms with Gasteiger partial charge in [-0.15, -0.1) is 0 Å². The van der Waals surface area contributed by atoms with E-state index >= 15 is 0 Å². The molecule has 0 spiro atoms. The molecule has 0 aromatic carbocycles. The highest BCUT2D eigenvalue weighted by atomic mass is 35.5. The van der Waals surface area contributed by atoms with Gasteiger partial charge in [-0.05, 0) is 18.6 Å². The zero-order chi connectivity index (χ0) is 10.1. The van der Waals surface area contributed by atoms with Crippen molar-refractivity contribution in [2.45, 2.75) is 12.5 Å². The zero-order valence-electron chi connectivity index (χ0n) is 7.65. The molecule has 1 fully saturated rings. The number of pyridine rings is 1. The van der Waals surface area contributed by atoms with Gasteiger partial charge in [-0.3, -0.25) is 0 Å². The number of rotatable bonds is 1. The van der Waals surface area contributed by atoms with Gasteiger partial charge in [-0.25, -0.2) is 4.98 Å². The molecule has 3 N–H and O–H groups in total. The Morgan fingerprint density at radius 3 is 3.00 bits per heavy atom. The molecule has 1 aromatic heterocycles. The van der Waals surface area contributed by atoms with Crippen LogP contribution in [0.15, 0.2) is 12.1 Å². The number of aliphatic hydroxyl groups is 1. The second-order valence-electron chi connectivity index (χ2n) is 3.44. The van der Waals surface area contributed by atoms with Gasteiger partial charge in [0.05, 0.1) is 11.8 Å². The molecular formula is C9H12ClN3O. The van der Waals surface area contributed by atoms with Crippen LogP contribution >= 0.6 is 11.6 Å². The van der Waals surface area contributed by atoms with E-state index in [1.54, 1.807) is 12.1 Å². The number of nitrogen functional groups attached to an aromatic ring is 1. The van der Waals surface area contributed by atoms with Crippen molar-refractivity contribution >= 4 is 23.1 Å². The molecule has 4 nitrogen and oxygen atoms in total. The van der Waals surface area contributed by atoms with Gasteiger partial charge in [0, 0.05) is 13.1 Å². The first-order valence-corrected chi connectivity index (χ1v) is 4.89. The topological polar surface area (TPSA) is 62.4 Å². The molecular weight excluding hydrogens is 202 g/mol. The minimum Gasteiger partial charge on any atom is -0.396 e. The van der Waals surface area contributed by atoms with Gasteiger partial charge in [0.2, 0.25) is 0 Å². The highest BCUT2D eigenvalue weighted by Gasteiger charge is 2.22. The van der Waals surface area contributed by atoms with E-state index < -0.39 is 0 Å². The van der Waals surface area contributed by atoms with E-state index in [1.165, 1.54) is 0 Å². The molecule has 0 amide bonds. The van der Waals surface area contributed by atoms with Crippen LogP contribution in [0.5, 0.6) is 0 Å². The summed E-state index contributed by atoms with van der Waals surface area (Å²) in [5, 5.41) is 9.80. The molecule has 1 unspecified atom stereocenters. The SMILES string of the molecule is Nc1ccc(Cl)nc1N1CCC(O)C1. The Labute approximate surface area is 87.3 Å². The number of β-amino-alcohol motifs (C(OH)–C–C–N with tert-alkyl or cyclic N) is 1. The third-order valence-corrected chi connectivity index (χ3v) is 2.54. The lowest BCUT2D eigenvalue weighted by molar-refractivity contribution is 0.198. The van der Waals surface area contributed by atoms with Gasteiger partial charge in [0.25, 0.3) is 0 Å². The molecule has 1 aromatic rings. The van der Waals surface area contributed by atoms with E-state index in [1.807, 2.05) is 4.90 Å². The third kappa shape index (κ3) is 1.76. The van der Waals surface area contributed by atoms with E-state index in [4.69, 9.17) is 17.3 Å². The quantitative estimate of drug-likeness (QED) is 0.681. The molecule has 5 heteroatoms. The van der Waals surface area contributed by atoms with E-state index in [0.717, 1.165) is 13.0 Å². The number of hydrogen-bond donors (Lipinski definition) is 2. The first kappa shape index (κ1) is 9.55. The second-order valence-corrected chi connectivity index (χ2v) is 3.82. The Morgan fingerprint density at radius 2 is 2.36 bits per heavy atom. The summed E-state index contributed by atoms with van der Waals surface area (Å²) < 4.78 is 0. The fourth-order valence-electron chi connectivity index (χ4n) is 1.62. The number of aromatic nitrogens is 1. The van der Waals surface area contributed by atoms with Crippen LogP contribution in [-0.2, 0) is 0 Å². The monoisotopic (exact) mass is 213 g/mol. The van der Waals surface area contributed by atoms with Crippen molar-refractivity contribution < 1.29 is 5.11 Å². The van der Waals surface area contributed by atoms with Crippen LogP contribution in [0.4, 0.5) is 11.5 Å². The summed E-state index contributed by atoms with van der Waals surface area (Å²) in [6.45, 7) is 1.36. The van der Waals surface area contributed by atoms with Crippen LogP contribution < -0.4 is 10.6 Å². The summed E-state index contributed by atoms with van der Waals surface area (Å²) in [4.78, 5) is 6.09. The molecule has 14 heavy (non-hydrogen) atoms. The molecule has 2 rings (SSSR count). The summed E-state index contributed by atoms with van der Waals surface area (Å²) in [5.74, 6) is 0.675. The summed E-state index contributed by atoms with van der Waals surface area (Å²) in [6, 6.07) is 3.39. The van der Waals surface area contributed by atoms with Gasteiger partial charge in [-0.2, -0.15) is 0 Å². The van der Waals surface area contributed by atoms with Crippen molar-refractivity contribution in [3.63, 3.8) is 0 Å². The fraction of sp³-hybridized carbons (Fsp3) is 0.444. The normalized spacial score (nSPS) is 21.6. The smallest absolute Gasteiger partial charge is 0.153 e.